The first kappa shape index (κ1) is 15.2. The number of para-hydroxylation sites is 1. The summed E-state index contributed by atoms with van der Waals surface area (Å²) >= 11 is 0. The zero-order valence-corrected chi connectivity index (χ0v) is 12.9. The Morgan fingerprint density at radius 2 is 1.78 bits per heavy atom. The normalized spacial score (nSPS) is 13.5. The van der Waals surface area contributed by atoms with Crippen LogP contribution in [-0.2, 0) is 5.60 Å². The van der Waals surface area contributed by atoms with E-state index < -0.39 is 5.60 Å². The van der Waals surface area contributed by atoms with Crippen LogP contribution in [-0.4, -0.2) is 22.5 Å². The monoisotopic (exact) mass is 306 g/mol. The van der Waals surface area contributed by atoms with E-state index in [1.165, 1.54) is 0 Å². The van der Waals surface area contributed by atoms with Crippen molar-refractivity contribution in [1.29, 1.82) is 0 Å². The van der Waals surface area contributed by atoms with Crippen LogP contribution < -0.4 is 5.32 Å². The number of nitrogens with zero attached hydrogens (tertiary/aromatic N) is 1. The molecule has 1 atom stereocenters. The molecule has 3 rings (SSSR count). The molecule has 0 bridgehead atoms. The van der Waals surface area contributed by atoms with Gasteiger partial charge in [0.2, 0.25) is 0 Å². The Bertz CT molecular complexity index is 824. The molecule has 2 aromatic carbocycles. The second-order valence-electron chi connectivity index (χ2n) is 5.70. The predicted molar refractivity (Wildman–Crippen MR) is 90.1 cm³/mol. The SMILES string of the molecule is CC(O)(CNC(=O)c1ccnc2ccccc12)c1ccccc1. The second kappa shape index (κ2) is 6.18. The first-order chi connectivity index (χ1) is 11.1. The third-order valence-electron chi connectivity index (χ3n) is 3.88. The number of carbonyl (C=O) groups excluding carboxylic acids is 1. The molecule has 2 N–H and O–H groups in total. The van der Waals surface area contributed by atoms with E-state index in [1.54, 1.807) is 19.2 Å². The number of nitrogens with one attached hydrogen (secondary N) is 1. The van der Waals surface area contributed by atoms with Gasteiger partial charge in [-0.05, 0) is 24.6 Å². The van der Waals surface area contributed by atoms with Gasteiger partial charge in [0.25, 0.3) is 5.91 Å². The van der Waals surface area contributed by atoms with Crippen LogP contribution in [0, 0.1) is 0 Å². The van der Waals surface area contributed by atoms with Gasteiger partial charge in [0.05, 0.1) is 17.6 Å². The molecule has 1 amide bonds. The summed E-state index contributed by atoms with van der Waals surface area (Å²) < 4.78 is 0. The van der Waals surface area contributed by atoms with E-state index in [9.17, 15) is 9.90 Å². The van der Waals surface area contributed by atoms with Crippen molar-refractivity contribution in [3.63, 3.8) is 0 Å². The average molecular weight is 306 g/mol. The number of hydrogen-bond acceptors (Lipinski definition) is 3. The molecular formula is C19H18N2O2. The number of aliphatic hydroxyl groups is 1. The van der Waals surface area contributed by atoms with Gasteiger partial charge >= 0.3 is 0 Å². The summed E-state index contributed by atoms with van der Waals surface area (Å²) in [6.07, 6.45) is 1.62. The number of rotatable bonds is 4. The number of amides is 1. The van der Waals surface area contributed by atoms with Crippen molar-refractivity contribution in [3.8, 4) is 0 Å². The fourth-order valence-corrected chi connectivity index (χ4v) is 2.54. The van der Waals surface area contributed by atoms with Gasteiger partial charge in [0.1, 0.15) is 5.60 Å². The molecule has 1 unspecified atom stereocenters. The molecule has 0 saturated heterocycles. The number of carbonyl (C=O) groups is 1. The lowest BCUT2D eigenvalue weighted by atomic mass is 9.96. The minimum atomic E-state index is -1.13. The van der Waals surface area contributed by atoms with Gasteiger partial charge in [-0.15, -0.1) is 0 Å². The zero-order chi connectivity index (χ0) is 16.3. The molecule has 23 heavy (non-hydrogen) atoms. The highest BCUT2D eigenvalue weighted by Gasteiger charge is 2.24. The van der Waals surface area contributed by atoms with Gasteiger partial charge in [-0.2, -0.15) is 0 Å². The van der Waals surface area contributed by atoms with E-state index in [2.05, 4.69) is 10.3 Å². The first-order valence-electron chi connectivity index (χ1n) is 7.48. The summed E-state index contributed by atoms with van der Waals surface area (Å²) in [5.74, 6) is -0.222. The Morgan fingerprint density at radius 1 is 1.09 bits per heavy atom. The zero-order valence-electron chi connectivity index (χ0n) is 12.9. The lowest BCUT2D eigenvalue weighted by molar-refractivity contribution is 0.0527. The van der Waals surface area contributed by atoms with Crippen LogP contribution in [0.2, 0.25) is 0 Å². The molecule has 0 aliphatic carbocycles. The van der Waals surface area contributed by atoms with Gasteiger partial charge < -0.3 is 10.4 Å². The van der Waals surface area contributed by atoms with Crippen LogP contribution in [0.5, 0.6) is 0 Å². The summed E-state index contributed by atoms with van der Waals surface area (Å²) in [5, 5.41) is 14.2. The molecule has 0 saturated carbocycles. The van der Waals surface area contributed by atoms with E-state index in [4.69, 9.17) is 0 Å². The molecule has 1 heterocycles. The highest BCUT2D eigenvalue weighted by atomic mass is 16.3. The number of benzene rings is 2. The standard InChI is InChI=1S/C19H18N2O2/c1-19(23,14-7-3-2-4-8-14)13-21-18(22)16-11-12-20-17-10-6-5-9-15(16)17/h2-12,23H,13H2,1H3,(H,21,22). The van der Waals surface area contributed by atoms with E-state index >= 15 is 0 Å². The van der Waals surface area contributed by atoms with Crippen molar-refractivity contribution in [2.75, 3.05) is 6.54 Å². The largest absolute Gasteiger partial charge is 0.384 e. The summed E-state index contributed by atoms with van der Waals surface area (Å²) in [6, 6.07) is 18.5. The van der Waals surface area contributed by atoms with E-state index in [0.29, 0.717) is 5.56 Å². The van der Waals surface area contributed by atoms with Crippen LogP contribution >= 0.6 is 0 Å². The molecule has 3 aromatic rings. The number of pyridine rings is 1. The van der Waals surface area contributed by atoms with Crippen molar-refractivity contribution in [1.82, 2.24) is 10.3 Å². The molecule has 0 fully saturated rings. The number of fused-ring (bicyclic) bond motifs is 1. The van der Waals surface area contributed by atoms with Crippen molar-refractivity contribution in [2.24, 2.45) is 0 Å². The van der Waals surface area contributed by atoms with Crippen molar-refractivity contribution < 1.29 is 9.90 Å². The maximum atomic E-state index is 12.5. The first-order valence-corrected chi connectivity index (χ1v) is 7.48. The third kappa shape index (κ3) is 3.22. The Balaban J connectivity index is 1.79. The Labute approximate surface area is 134 Å². The minimum absolute atomic E-state index is 0.131. The lowest BCUT2D eigenvalue weighted by Crippen LogP contribution is -2.38. The predicted octanol–water partition coefficient (Wildman–Crippen LogP) is 2.87. The molecule has 4 heteroatoms. The van der Waals surface area contributed by atoms with Gasteiger partial charge in [-0.1, -0.05) is 48.5 Å². The summed E-state index contributed by atoms with van der Waals surface area (Å²) in [6.45, 7) is 1.82. The Morgan fingerprint density at radius 3 is 2.57 bits per heavy atom. The van der Waals surface area contributed by atoms with E-state index in [0.717, 1.165) is 16.5 Å². The maximum absolute atomic E-state index is 12.5. The number of hydrogen-bond donors (Lipinski definition) is 2. The van der Waals surface area contributed by atoms with Crippen LogP contribution in [0.3, 0.4) is 0 Å². The smallest absolute Gasteiger partial charge is 0.252 e. The van der Waals surface area contributed by atoms with Crippen molar-refractivity contribution in [3.05, 3.63) is 78.0 Å². The summed E-state index contributed by atoms with van der Waals surface area (Å²) in [5.41, 5.74) is 0.967. The number of aromatic nitrogens is 1. The van der Waals surface area contributed by atoms with Crippen LogP contribution in [0.1, 0.15) is 22.8 Å². The van der Waals surface area contributed by atoms with Crippen molar-refractivity contribution >= 4 is 16.8 Å². The van der Waals surface area contributed by atoms with Gasteiger partial charge in [-0.3, -0.25) is 9.78 Å². The molecular weight excluding hydrogens is 288 g/mol. The molecule has 0 aliphatic heterocycles. The fourth-order valence-electron chi connectivity index (χ4n) is 2.54. The molecule has 4 nitrogen and oxygen atoms in total. The molecule has 0 radical (unpaired) electrons. The quantitative estimate of drug-likeness (QED) is 0.779. The van der Waals surface area contributed by atoms with Crippen LogP contribution in [0.15, 0.2) is 66.9 Å². The molecule has 0 aliphatic rings. The van der Waals surface area contributed by atoms with E-state index in [1.807, 2.05) is 54.6 Å². The summed E-state index contributed by atoms with van der Waals surface area (Å²) in [4.78, 5) is 16.7. The highest BCUT2D eigenvalue weighted by molar-refractivity contribution is 6.05. The third-order valence-corrected chi connectivity index (χ3v) is 3.88. The maximum Gasteiger partial charge on any atom is 0.252 e. The topological polar surface area (TPSA) is 62.2 Å². The average Bonchev–Trinajstić information content (AvgIpc) is 2.60. The minimum Gasteiger partial charge on any atom is -0.384 e. The molecule has 1 aromatic heterocycles. The lowest BCUT2D eigenvalue weighted by Gasteiger charge is -2.24. The Kier molecular flexibility index (Phi) is 4.08. The highest BCUT2D eigenvalue weighted by Crippen LogP contribution is 2.20. The van der Waals surface area contributed by atoms with Crippen LogP contribution in [0.25, 0.3) is 10.9 Å². The van der Waals surface area contributed by atoms with Gasteiger partial charge in [-0.25, -0.2) is 0 Å². The van der Waals surface area contributed by atoms with Gasteiger partial charge in [0.15, 0.2) is 0 Å². The van der Waals surface area contributed by atoms with E-state index in [-0.39, 0.29) is 12.5 Å². The van der Waals surface area contributed by atoms with Gasteiger partial charge in [0, 0.05) is 11.6 Å². The Hall–Kier alpha value is -2.72. The van der Waals surface area contributed by atoms with Crippen LogP contribution in [0.4, 0.5) is 0 Å². The molecule has 0 spiro atoms. The second-order valence-corrected chi connectivity index (χ2v) is 5.70. The summed E-state index contributed by atoms with van der Waals surface area (Å²) in [7, 11) is 0. The fraction of sp³-hybridized carbons (Fsp3) is 0.158. The molecule has 116 valence electrons. The van der Waals surface area contributed by atoms with Crippen molar-refractivity contribution in [2.45, 2.75) is 12.5 Å².